The summed E-state index contributed by atoms with van der Waals surface area (Å²) in [6, 6.07) is 1.30. The molecule has 0 heterocycles. The summed E-state index contributed by atoms with van der Waals surface area (Å²) < 4.78 is 0. The summed E-state index contributed by atoms with van der Waals surface area (Å²) in [6.45, 7) is 6.01. The van der Waals surface area contributed by atoms with Gasteiger partial charge in [-0.2, -0.15) is 0 Å². The Bertz CT molecular complexity index is 233. The van der Waals surface area contributed by atoms with Gasteiger partial charge >= 0.3 is 0 Å². The summed E-state index contributed by atoms with van der Waals surface area (Å²) in [5.41, 5.74) is 6.80. The molecule has 0 aromatic rings. The molecule has 0 aromatic carbocycles. The van der Waals surface area contributed by atoms with Gasteiger partial charge in [-0.3, -0.25) is 0 Å². The van der Waals surface area contributed by atoms with Crippen LogP contribution < -0.4 is 5.73 Å². The van der Waals surface area contributed by atoms with E-state index >= 15 is 0 Å². The highest BCUT2D eigenvalue weighted by Crippen LogP contribution is 2.38. The van der Waals surface area contributed by atoms with Gasteiger partial charge < -0.3 is 10.6 Å². The molecule has 2 aliphatic carbocycles. The first-order valence-electron chi connectivity index (χ1n) is 6.94. The molecule has 0 spiro atoms. The van der Waals surface area contributed by atoms with E-state index in [1.54, 1.807) is 0 Å². The van der Waals surface area contributed by atoms with Crippen molar-refractivity contribution in [1.29, 1.82) is 0 Å². The van der Waals surface area contributed by atoms with E-state index in [4.69, 9.17) is 5.73 Å². The summed E-state index contributed by atoms with van der Waals surface area (Å²) in [6.07, 6.45) is 8.07. The van der Waals surface area contributed by atoms with E-state index in [9.17, 15) is 0 Å². The second-order valence-electron chi connectivity index (χ2n) is 6.86. The second kappa shape index (κ2) is 4.66. The molecule has 2 heteroatoms. The topological polar surface area (TPSA) is 29.3 Å². The summed E-state index contributed by atoms with van der Waals surface area (Å²) in [5.74, 6) is 0.717. The van der Waals surface area contributed by atoms with Crippen molar-refractivity contribution in [2.45, 2.75) is 64.5 Å². The number of nitrogens with zero attached hydrogens (tertiary/aromatic N) is 1. The molecule has 94 valence electrons. The van der Waals surface area contributed by atoms with Crippen LogP contribution in [0.2, 0.25) is 0 Å². The van der Waals surface area contributed by atoms with Gasteiger partial charge in [-0.25, -0.2) is 0 Å². The molecule has 2 aliphatic rings. The first-order chi connectivity index (χ1) is 7.48. The molecule has 0 aliphatic heterocycles. The van der Waals surface area contributed by atoms with E-state index in [-0.39, 0.29) is 0 Å². The van der Waals surface area contributed by atoms with E-state index < -0.39 is 0 Å². The fourth-order valence-electron chi connectivity index (χ4n) is 3.30. The molecule has 16 heavy (non-hydrogen) atoms. The lowest BCUT2D eigenvalue weighted by atomic mass is 9.70. The van der Waals surface area contributed by atoms with Gasteiger partial charge in [-0.1, -0.05) is 20.3 Å². The first kappa shape index (κ1) is 12.4. The van der Waals surface area contributed by atoms with Crippen molar-refractivity contribution < 1.29 is 0 Å². The molecular formula is C14H28N2. The van der Waals surface area contributed by atoms with Crippen LogP contribution in [0.4, 0.5) is 0 Å². The molecule has 0 radical (unpaired) electrons. The smallest absolute Gasteiger partial charge is 0.00923 e. The average molecular weight is 224 g/mol. The van der Waals surface area contributed by atoms with Crippen molar-refractivity contribution >= 4 is 0 Å². The number of hydrogen-bond donors (Lipinski definition) is 1. The zero-order valence-corrected chi connectivity index (χ0v) is 11.2. The van der Waals surface area contributed by atoms with Crippen LogP contribution in [0.1, 0.15) is 52.4 Å². The van der Waals surface area contributed by atoms with E-state index in [0.29, 0.717) is 17.4 Å². The van der Waals surface area contributed by atoms with Gasteiger partial charge in [0.1, 0.15) is 0 Å². The van der Waals surface area contributed by atoms with Gasteiger partial charge in [-0.15, -0.1) is 0 Å². The van der Waals surface area contributed by atoms with Crippen LogP contribution in [0, 0.1) is 11.3 Å². The van der Waals surface area contributed by atoms with Gasteiger partial charge in [0.2, 0.25) is 0 Å². The Hall–Kier alpha value is -0.0800. The molecule has 2 atom stereocenters. The molecule has 2 saturated carbocycles. The van der Waals surface area contributed by atoms with Gasteiger partial charge in [0.15, 0.2) is 0 Å². The molecule has 2 N–H and O–H groups in total. The Labute approximate surface area is 101 Å². The summed E-state index contributed by atoms with van der Waals surface area (Å²) in [7, 11) is 2.29. The fourth-order valence-corrected chi connectivity index (χ4v) is 3.30. The van der Waals surface area contributed by atoms with Crippen molar-refractivity contribution in [3.63, 3.8) is 0 Å². The molecular weight excluding hydrogens is 196 g/mol. The largest absolute Gasteiger partial charge is 0.327 e. The maximum atomic E-state index is 6.28. The number of nitrogens with two attached hydrogens (primary N) is 1. The van der Waals surface area contributed by atoms with Crippen molar-refractivity contribution in [3.8, 4) is 0 Å². The molecule has 2 unspecified atom stereocenters. The number of rotatable bonds is 3. The normalized spacial score (nSPS) is 35.1. The van der Waals surface area contributed by atoms with Crippen molar-refractivity contribution in [2.24, 2.45) is 17.1 Å². The van der Waals surface area contributed by atoms with Gasteiger partial charge in [-0.05, 0) is 50.5 Å². The zero-order valence-electron chi connectivity index (χ0n) is 11.2. The second-order valence-corrected chi connectivity index (χ2v) is 6.86. The molecule has 0 bridgehead atoms. The Morgan fingerprint density at radius 1 is 1.25 bits per heavy atom. The third-order valence-corrected chi connectivity index (χ3v) is 4.80. The summed E-state index contributed by atoms with van der Waals surface area (Å²) in [5, 5.41) is 0. The standard InChI is InChI=1S/C14H28N2/c1-14(2)8-7-13(15)11(9-14)10-16(3)12-5-4-6-12/h11-13H,4-10,15H2,1-3H3. The van der Waals surface area contributed by atoms with E-state index in [2.05, 4.69) is 25.8 Å². The lowest BCUT2D eigenvalue weighted by Gasteiger charge is -2.43. The Kier molecular flexibility index (Phi) is 3.60. The van der Waals surface area contributed by atoms with Crippen molar-refractivity contribution in [3.05, 3.63) is 0 Å². The van der Waals surface area contributed by atoms with Crippen LogP contribution in [0.3, 0.4) is 0 Å². The minimum Gasteiger partial charge on any atom is -0.327 e. The Morgan fingerprint density at radius 3 is 2.50 bits per heavy atom. The highest BCUT2D eigenvalue weighted by atomic mass is 15.1. The molecule has 2 fully saturated rings. The lowest BCUT2D eigenvalue weighted by molar-refractivity contribution is 0.0841. The highest BCUT2D eigenvalue weighted by molar-refractivity contribution is 4.90. The predicted molar refractivity (Wildman–Crippen MR) is 69.4 cm³/mol. The Balaban J connectivity index is 1.86. The Morgan fingerprint density at radius 2 is 1.94 bits per heavy atom. The molecule has 0 aromatic heterocycles. The van der Waals surface area contributed by atoms with Crippen molar-refractivity contribution in [1.82, 2.24) is 4.90 Å². The van der Waals surface area contributed by atoms with Crippen LogP contribution >= 0.6 is 0 Å². The minimum atomic E-state index is 0.440. The van der Waals surface area contributed by atoms with Crippen LogP contribution in [-0.4, -0.2) is 30.6 Å². The third kappa shape index (κ3) is 2.78. The third-order valence-electron chi connectivity index (χ3n) is 4.80. The monoisotopic (exact) mass is 224 g/mol. The summed E-state index contributed by atoms with van der Waals surface area (Å²) in [4.78, 5) is 2.56. The van der Waals surface area contributed by atoms with Crippen LogP contribution in [-0.2, 0) is 0 Å². The van der Waals surface area contributed by atoms with Crippen LogP contribution in [0.25, 0.3) is 0 Å². The predicted octanol–water partition coefficient (Wildman–Crippen LogP) is 2.62. The van der Waals surface area contributed by atoms with Crippen LogP contribution in [0.15, 0.2) is 0 Å². The molecule has 2 nitrogen and oxygen atoms in total. The van der Waals surface area contributed by atoms with Gasteiger partial charge in [0.05, 0.1) is 0 Å². The first-order valence-corrected chi connectivity index (χ1v) is 6.94. The molecule has 0 amide bonds. The molecule has 0 saturated heterocycles. The SMILES string of the molecule is CN(CC1CC(C)(C)CCC1N)C1CCC1. The lowest BCUT2D eigenvalue weighted by Crippen LogP contribution is -2.47. The highest BCUT2D eigenvalue weighted by Gasteiger charge is 2.34. The van der Waals surface area contributed by atoms with E-state index in [0.717, 1.165) is 6.04 Å². The fraction of sp³-hybridized carbons (Fsp3) is 1.00. The average Bonchev–Trinajstić information content (AvgIpc) is 2.08. The van der Waals surface area contributed by atoms with Gasteiger partial charge in [0.25, 0.3) is 0 Å². The molecule has 2 rings (SSSR count). The van der Waals surface area contributed by atoms with E-state index in [1.165, 1.54) is 45.1 Å². The van der Waals surface area contributed by atoms with Crippen molar-refractivity contribution in [2.75, 3.05) is 13.6 Å². The minimum absolute atomic E-state index is 0.440. The van der Waals surface area contributed by atoms with Crippen LogP contribution in [0.5, 0.6) is 0 Å². The maximum absolute atomic E-state index is 6.28. The summed E-state index contributed by atoms with van der Waals surface area (Å²) >= 11 is 0. The van der Waals surface area contributed by atoms with Gasteiger partial charge in [0, 0.05) is 18.6 Å². The quantitative estimate of drug-likeness (QED) is 0.798. The van der Waals surface area contributed by atoms with E-state index in [1.807, 2.05) is 0 Å². The maximum Gasteiger partial charge on any atom is 0.00923 e. The zero-order chi connectivity index (χ0) is 11.8. The number of hydrogen-bond acceptors (Lipinski definition) is 2.